The summed E-state index contributed by atoms with van der Waals surface area (Å²) in [5, 5.41) is 0. The largest absolute Gasteiger partial charge is 0.573 e. The number of para-hydroxylation sites is 1. The molecule has 4 aromatic rings. The lowest BCUT2D eigenvalue weighted by atomic mass is 10.2. The zero-order chi connectivity index (χ0) is 21.4. The fourth-order valence-electron chi connectivity index (χ4n) is 2.67. The number of nitrogens with one attached hydrogen (secondary N) is 1. The molecule has 0 atom stereocenters. The van der Waals surface area contributed by atoms with Crippen molar-refractivity contribution in [2.75, 3.05) is 4.72 Å². The van der Waals surface area contributed by atoms with E-state index < -0.39 is 22.1 Å². The predicted octanol–water partition coefficient (Wildman–Crippen LogP) is 4.59. The Morgan fingerprint density at radius 3 is 2.40 bits per heavy atom. The third-order valence-corrected chi connectivity index (χ3v) is 5.32. The van der Waals surface area contributed by atoms with Crippen molar-refractivity contribution in [3.8, 4) is 17.2 Å². The van der Waals surface area contributed by atoms with Gasteiger partial charge in [0.2, 0.25) is 5.89 Å². The third-order valence-electron chi connectivity index (χ3n) is 3.93. The molecule has 0 aliphatic rings. The highest BCUT2D eigenvalue weighted by Gasteiger charge is 2.31. The van der Waals surface area contributed by atoms with Crippen LogP contribution in [0.25, 0.3) is 22.7 Å². The Bertz CT molecular complexity index is 1270. The molecule has 7 nitrogen and oxygen atoms in total. The van der Waals surface area contributed by atoms with E-state index in [1.165, 1.54) is 6.07 Å². The van der Waals surface area contributed by atoms with E-state index in [0.29, 0.717) is 16.8 Å². The number of anilines is 1. The topological polar surface area (TPSA) is 94.3 Å². The first-order chi connectivity index (χ1) is 14.2. The number of aromatic nitrogens is 2. The summed E-state index contributed by atoms with van der Waals surface area (Å²) in [6.45, 7) is 0. The van der Waals surface area contributed by atoms with Gasteiger partial charge in [0.05, 0.1) is 16.1 Å². The minimum atomic E-state index is -4.87. The smallest absolute Gasteiger partial charge is 0.434 e. The SMILES string of the molecule is O=S(=O)(Nc1ccccc1-c1nc2ncccc2o1)c1ccc(OC(F)(F)F)cc1. The second-order valence-electron chi connectivity index (χ2n) is 6.01. The van der Waals surface area contributed by atoms with Crippen molar-refractivity contribution in [1.29, 1.82) is 0 Å². The summed E-state index contributed by atoms with van der Waals surface area (Å²) < 4.78 is 74.1. The molecular formula is C19H12F3N3O4S. The molecule has 0 saturated carbocycles. The van der Waals surface area contributed by atoms with E-state index in [1.807, 2.05) is 0 Å². The first-order valence-corrected chi connectivity index (χ1v) is 9.89. The minimum absolute atomic E-state index is 0.163. The number of sulfonamides is 1. The van der Waals surface area contributed by atoms with Crippen LogP contribution in [0.2, 0.25) is 0 Å². The van der Waals surface area contributed by atoms with E-state index in [-0.39, 0.29) is 16.5 Å². The number of halogens is 3. The molecule has 30 heavy (non-hydrogen) atoms. The van der Waals surface area contributed by atoms with Gasteiger partial charge in [-0.15, -0.1) is 13.2 Å². The maximum absolute atomic E-state index is 12.7. The number of fused-ring (bicyclic) bond motifs is 1. The zero-order valence-electron chi connectivity index (χ0n) is 14.9. The minimum Gasteiger partial charge on any atom is -0.434 e. The molecule has 154 valence electrons. The van der Waals surface area contributed by atoms with E-state index in [2.05, 4.69) is 19.4 Å². The van der Waals surface area contributed by atoms with Gasteiger partial charge in [0.15, 0.2) is 11.2 Å². The normalized spacial score (nSPS) is 12.1. The van der Waals surface area contributed by atoms with Crippen LogP contribution in [0.3, 0.4) is 0 Å². The van der Waals surface area contributed by atoms with Crippen LogP contribution in [0.4, 0.5) is 18.9 Å². The second-order valence-corrected chi connectivity index (χ2v) is 7.70. The fourth-order valence-corrected chi connectivity index (χ4v) is 3.75. The van der Waals surface area contributed by atoms with Gasteiger partial charge in [-0.2, -0.15) is 4.98 Å². The van der Waals surface area contributed by atoms with Crippen LogP contribution in [0.15, 0.2) is 76.2 Å². The molecule has 0 aliphatic heterocycles. The van der Waals surface area contributed by atoms with Gasteiger partial charge in [-0.05, 0) is 48.5 Å². The quantitative estimate of drug-likeness (QED) is 0.493. The molecule has 2 heterocycles. The molecule has 0 aliphatic carbocycles. The molecule has 11 heteroatoms. The molecule has 0 saturated heterocycles. The number of ether oxygens (including phenoxy) is 1. The average molecular weight is 435 g/mol. The fraction of sp³-hybridized carbons (Fsp3) is 0.0526. The van der Waals surface area contributed by atoms with Gasteiger partial charge in [-0.3, -0.25) is 4.72 Å². The number of pyridine rings is 1. The van der Waals surface area contributed by atoms with Crippen LogP contribution in [-0.4, -0.2) is 24.7 Å². The van der Waals surface area contributed by atoms with Crippen LogP contribution in [-0.2, 0) is 10.0 Å². The number of hydrogen-bond acceptors (Lipinski definition) is 6. The van der Waals surface area contributed by atoms with Crippen molar-refractivity contribution in [2.24, 2.45) is 0 Å². The number of nitrogens with zero attached hydrogens (tertiary/aromatic N) is 2. The molecule has 0 spiro atoms. The monoisotopic (exact) mass is 435 g/mol. The lowest BCUT2D eigenvalue weighted by molar-refractivity contribution is -0.274. The van der Waals surface area contributed by atoms with Crippen molar-refractivity contribution in [1.82, 2.24) is 9.97 Å². The van der Waals surface area contributed by atoms with Crippen molar-refractivity contribution < 1.29 is 30.7 Å². The van der Waals surface area contributed by atoms with Crippen molar-refractivity contribution in [2.45, 2.75) is 11.3 Å². The molecular weight excluding hydrogens is 423 g/mol. The van der Waals surface area contributed by atoms with Gasteiger partial charge in [-0.25, -0.2) is 13.4 Å². The van der Waals surface area contributed by atoms with Gasteiger partial charge in [0, 0.05) is 6.20 Å². The number of benzene rings is 2. The van der Waals surface area contributed by atoms with Gasteiger partial charge in [0.1, 0.15) is 5.75 Å². The van der Waals surface area contributed by atoms with Crippen LogP contribution < -0.4 is 9.46 Å². The highest BCUT2D eigenvalue weighted by molar-refractivity contribution is 7.92. The van der Waals surface area contributed by atoms with Crippen LogP contribution in [0.5, 0.6) is 5.75 Å². The van der Waals surface area contributed by atoms with Crippen LogP contribution in [0, 0.1) is 0 Å². The molecule has 0 radical (unpaired) electrons. The number of hydrogen-bond donors (Lipinski definition) is 1. The van der Waals surface area contributed by atoms with Crippen molar-refractivity contribution >= 4 is 26.9 Å². The lowest BCUT2D eigenvalue weighted by Crippen LogP contribution is -2.17. The molecule has 0 bridgehead atoms. The summed E-state index contributed by atoms with van der Waals surface area (Å²) in [5.41, 5.74) is 1.35. The molecule has 0 unspecified atom stereocenters. The Morgan fingerprint density at radius 1 is 0.967 bits per heavy atom. The summed E-state index contributed by atoms with van der Waals surface area (Å²) in [6.07, 6.45) is -3.32. The average Bonchev–Trinajstić information content (AvgIpc) is 3.11. The maximum atomic E-state index is 12.7. The van der Waals surface area contributed by atoms with Gasteiger partial charge in [-0.1, -0.05) is 12.1 Å². The lowest BCUT2D eigenvalue weighted by Gasteiger charge is -2.12. The molecule has 2 aromatic carbocycles. The highest BCUT2D eigenvalue weighted by atomic mass is 32.2. The van der Waals surface area contributed by atoms with Crippen molar-refractivity contribution in [3.05, 3.63) is 66.9 Å². The second kappa shape index (κ2) is 7.34. The zero-order valence-corrected chi connectivity index (χ0v) is 15.7. The Balaban J connectivity index is 1.64. The van der Waals surface area contributed by atoms with Gasteiger partial charge >= 0.3 is 6.36 Å². The molecule has 2 aromatic heterocycles. The van der Waals surface area contributed by atoms with Crippen LogP contribution >= 0.6 is 0 Å². The van der Waals surface area contributed by atoms with E-state index in [9.17, 15) is 21.6 Å². The van der Waals surface area contributed by atoms with Gasteiger partial charge in [0.25, 0.3) is 10.0 Å². The molecule has 1 N–H and O–H groups in total. The predicted molar refractivity (Wildman–Crippen MR) is 101 cm³/mol. The highest BCUT2D eigenvalue weighted by Crippen LogP contribution is 2.31. The van der Waals surface area contributed by atoms with Crippen molar-refractivity contribution in [3.63, 3.8) is 0 Å². The van der Waals surface area contributed by atoms with E-state index in [0.717, 1.165) is 24.3 Å². The van der Waals surface area contributed by atoms with E-state index >= 15 is 0 Å². The molecule has 0 amide bonds. The number of alkyl halides is 3. The van der Waals surface area contributed by atoms with E-state index in [1.54, 1.807) is 36.5 Å². The third kappa shape index (κ3) is 4.20. The summed E-state index contributed by atoms with van der Waals surface area (Å²) in [5.74, 6) is -0.364. The summed E-state index contributed by atoms with van der Waals surface area (Å²) in [4.78, 5) is 8.09. The van der Waals surface area contributed by atoms with Crippen LogP contribution in [0.1, 0.15) is 0 Å². The Morgan fingerprint density at radius 2 is 1.70 bits per heavy atom. The Hall–Kier alpha value is -3.60. The first kappa shape index (κ1) is 19.7. The first-order valence-electron chi connectivity index (χ1n) is 8.41. The van der Waals surface area contributed by atoms with E-state index in [4.69, 9.17) is 4.42 Å². The maximum Gasteiger partial charge on any atom is 0.573 e. The Labute approximate surface area is 168 Å². The molecule has 4 rings (SSSR count). The van der Waals surface area contributed by atoms with Gasteiger partial charge < -0.3 is 9.15 Å². The summed E-state index contributed by atoms with van der Waals surface area (Å²) in [6, 6.07) is 13.6. The Kier molecular flexibility index (Phi) is 4.82. The summed E-state index contributed by atoms with van der Waals surface area (Å²) >= 11 is 0. The summed E-state index contributed by atoms with van der Waals surface area (Å²) in [7, 11) is -4.11. The number of rotatable bonds is 5. The number of oxazole rings is 1. The molecule has 0 fully saturated rings. The standard InChI is InChI=1S/C19H12F3N3O4S/c20-19(21,22)29-12-7-9-13(10-8-12)30(26,27)25-15-5-2-1-4-14(15)18-24-17-16(28-18)6-3-11-23-17/h1-11,25H.